The first kappa shape index (κ1) is 15.0. The maximum absolute atomic E-state index is 10.4. The molecule has 1 unspecified atom stereocenters. The van der Waals surface area contributed by atoms with Crippen LogP contribution in [0.5, 0.6) is 0 Å². The molecule has 2 N–H and O–H groups in total. The van der Waals surface area contributed by atoms with Crippen molar-refractivity contribution in [1.29, 1.82) is 0 Å². The number of hydrogen-bond acceptors (Lipinski definition) is 3. The highest BCUT2D eigenvalue weighted by Gasteiger charge is 2.12. The van der Waals surface area contributed by atoms with E-state index >= 15 is 0 Å². The monoisotopic (exact) mass is 271 g/mol. The molecule has 5 heteroatoms. The minimum absolute atomic E-state index is 0.0723. The Labute approximate surface area is 112 Å². The molecular weight excluding hydrogens is 254 g/mol. The molecule has 0 aliphatic carbocycles. The van der Waals surface area contributed by atoms with Gasteiger partial charge in [0.15, 0.2) is 0 Å². The van der Waals surface area contributed by atoms with Gasteiger partial charge in [-0.15, -0.1) is 0 Å². The lowest BCUT2D eigenvalue weighted by Crippen LogP contribution is -2.27. The van der Waals surface area contributed by atoms with Crippen LogP contribution < -0.4 is 0 Å². The lowest BCUT2D eigenvalue weighted by molar-refractivity contribution is -0.137. The van der Waals surface area contributed by atoms with Crippen LogP contribution in [-0.2, 0) is 4.79 Å². The molecule has 0 heterocycles. The number of carbonyl (C=O) groups is 1. The van der Waals surface area contributed by atoms with Crippen LogP contribution in [0.4, 0.5) is 0 Å². The minimum Gasteiger partial charge on any atom is -0.481 e. The van der Waals surface area contributed by atoms with Crippen molar-refractivity contribution in [1.82, 2.24) is 4.90 Å². The first-order valence-electron chi connectivity index (χ1n) is 5.74. The average Bonchev–Trinajstić information content (AvgIpc) is 2.30. The first-order valence-corrected chi connectivity index (χ1v) is 6.12. The molecule has 0 fully saturated rings. The third-order valence-electron chi connectivity index (χ3n) is 2.76. The van der Waals surface area contributed by atoms with E-state index < -0.39 is 12.1 Å². The Morgan fingerprint density at radius 2 is 2.17 bits per heavy atom. The molecule has 1 aromatic rings. The van der Waals surface area contributed by atoms with Crippen LogP contribution in [0.15, 0.2) is 18.2 Å². The zero-order chi connectivity index (χ0) is 13.7. The molecule has 0 radical (unpaired) electrons. The Balaban J connectivity index is 2.56. The van der Waals surface area contributed by atoms with E-state index in [0.29, 0.717) is 18.1 Å². The molecule has 0 spiro atoms. The Hall–Kier alpha value is -1.10. The van der Waals surface area contributed by atoms with Crippen molar-refractivity contribution in [2.45, 2.75) is 19.4 Å². The molecule has 1 rings (SSSR count). The molecule has 0 aliphatic heterocycles. The number of nitrogens with zero attached hydrogens (tertiary/aromatic N) is 1. The van der Waals surface area contributed by atoms with Crippen LogP contribution in [0, 0.1) is 6.92 Å². The number of rotatable bonds is 6. The second-order valence-electron chi connectivity index (χ2n) is 4.43. The fourth-order valence-corrected chi connectivity index (χ4v) is 1.77. The van der Waals surface area contributed by atoms with E-state index in [1.165, 1.54) is 0 Å². The number of carboxylic acid groups (broad SMARTS) is 1. The van der Waals surface area contributed by atoms with Gasteiger partial charge >= 0.3 is 5.97 Å². The Bertz CT molecular complexity index is 423. The Morgan fingerprint density at radius 3 is 2.72 bits per heavy atom. The van der Waals surface area contributed by atoms with Gasteiger partial charge in [-0.05, 0) is 31.2 Å². The van der Waals surface area contributed by atoms with Crippen LogP contribution >= 0.6 is 11.6 Å². The van der Waals surface area contributed by atoms with Crippen LogP contribution in [-0.4, -0.2) is 41.2 Å². The van der Waals surface area contributed by atoms with Gasteiger partial charge in [-0.25, -0.2) is 0 Å². The second kappa shape index (κ2) is 6.73. The zero-order valence-corrected chi connectivity index (χ0v) is 11.3. The van der Waals surface area contributed by atoms with E-state index in [1.807, 2.05) is 13.0 Å². The van der Waals surface area contributed by atoms with Crippen molar-refractivity contribution in [3.63, 3.8) is 0 Å². The predicted molar refractivity (Wildman–Crippen MR) is 70.9 cm³/mol. The van der Waals surface area contributed by atoms with Crippen molar-refractivity contribution in [2.24, 2.45) is 0 Å². The standard InChI is InChI=1S/C13H18ClNO3/c1-9-7-10(3-4-11(9)14)12(16)8-15(2)6-5-13(17)18/h3-4,7,12,16H,5-6,8H2,1-2H3,(H,17,18). The number of hydrogen-bond donors (Lipinski definition) is 2. The number of aliphatic hydroxyl groups is 1. The van der Waals surface area contributed by atoms with Gasteiger partial charge in [0.2, 0.25) is 0 Å². The molecule has 18 heavy (non-hydrogen) atoms. The molecule has 0 aliphatic rings. The molecule has 0 amide bonds. The lowest BCUT2D eigenvalue weighted by Gasteiger charge is -2.20. The van der Waals surface area contributed by atoms with Crippen molar-refractivity contribution >= 4 is 17.6 Å². The maximum Gasteiger partial charge on any atom is 0.304 e. The summed E-state index contributed by atoms with van der Waals surface area (Å²) < 4.78 is 0. The molecule has 0 bridgehead atoms. The molecule has 4 nitrogen and oxygen atoms in total. The second-order valence-corrected chi connectivity index (χ2v) is 4.84. The number of benzene rings is 1. The number of aliphatic hydroxyl groups excluding tert-OH is 1. The third-order valence-corrected chi connectivity index (χ3v) is 3.18. The SMILES string of the molecule is Cc1cc(C(O)CN(C)CCC(=O)O)ccc1Cl. The highest BCUT2D eigenvalue weighted by molar-refractivity contribution is 6.31. The van der Waals surface area contributed by atoms with E-state index in [-0.39, 0.29) is 6.42 Å². The summed E-state index contributed by atoms with van der Waals surface area (Å²) in [5.74, 6) is -0.835. The van der Waals surface area contributed by atoms with Gasteiger partial charge in [0.1, 0.15) is 0 Å². The van der Waals surface area contributed by atoms with E-state index in [2.05, 4.69) is 0 Å². The molecule has 0 saturated carbocycles. The van der Waals surface area contributed by atoms with Crippen LogP contribution in [0.25, 0.3) is 0 Å². The van der Waals surface area contributed by atoms with Gasteiger partial charge in [-0.1, -0.05) is 23.7 Å². The van der Waals surface area contributed by atoms with E-state index in [4.69, 9.17) is 16.7 Å². The van der Waals surface area contributed by atoms with Crippen molar-refractivity contribution < 1.29 is 15.0 Å². The number of halogens is 1. The summed E-state index contributed by atoms with van der Waals surface area (Å²) in [6, 6.07) is 5.38. The van der Waals surface area contributed by atoms with Gasteiger partial charge < -0.3 is 15.1 Å². The molecular formula is C13H18ClNO3. The smallest absolute Gasteiger partial charge is 0.304 e. The van der Waals surface area contributed by atoms with Crippen molar-refractivity contribution in [3.8, 4) is 0 Å². The molecule has 100 valence electrons. The van der Waals surface area contributed by atoms with Crippen LogP contribution in [0.2, 0.25) is 5.02 Å². The summed E-state index contributed by atoms with van der Waals surface area (Å²) in [4.78, 5) is 12.2. The molecule has 1 aromatic carbocycles. The Kier molecular flexibility index (Phi) is 5.59. The topological polar surface area (TPSA) is 60.8 Å². The molecule has 0 aromatic heterocycles. The Morgan fingerprint density at radius 1 is 1.50 bits per heavy atom. The van der Waals surface area contributed by atoms with Gasteiger partial charge in [0.25, 0.3) is 0 Å². The van der Waals surface area contributed by atoms with E-state index in [9.17, 15) is 9.90 Å². The summed E-state index contributed by atoms with van der Waals surface area (Å²) in [5.41, 5.74) is 1.71. The maximum atomic E-state index is 10.4. The fourth-order valence-electron chi connectivity index (χ4n) is 1.65. The quantitative estimate of drug-likeness (QED) is 0.832. The number of aliphatic carboxylic acids is 1. The van der Waals surface area contributed by atoms with Crippen LogP contribution in [0.1, 0.15) is 23.7 Å². The summed E-state index contributed by atoms with van der Waals surface area (Å²) >= 11 is 5.92. The summed E-state index contributed by atoms with van der Waals surface area (Å²) in [6.07, 6.45) is -0.567. The highest BCUT2D eigenvalue weighted by atomic mass is 35.5. The lowest BCUT2D eigenvalue weighted by atomic mass is 10.1. The van der Waals surface area contributed by atoms with E-state index in [1.54, 1.807) is 24.1 Å². The fraction of sp³-hybridized carbons (Fsp3) is 0.462. The first-order chi connectivity index (χ1) is 8.40. The van der Waals surface area contributed by atoms with Gasteiger partial charge in [-0.2, -0.15) is 0 Å². The predicted octanol–water partition coefficient (Wildman–Crippen LogP) is 2.09. The molecule has 1 atom stereocenters. The number of carboxylic acids is 1. The van der Waals surface area contributed by atoms with Crippen molar-refractivity contribution in [3.05, 3.63) is 34.3 Å². The number of aryl methyl sites for hydroxylation is 1. The van der Waals surface area contributed by atoms with Gasteiger partial charge in [0.05, 0.1) is 12.5 Å². The minimum atomic E-state index is -0.835. The van der Waals surface area contributed by atoms with Gasteiger partial charge in [-0.3, -0.25) is 4.79 Å². The van der Waals surface area contributed by atoms with Gasteiger partial charge in [0, 0.05) is 18.1 Å². The molecule has 0 saturated heterocycles. The number of likely N-dealkylation sites (N-methyl/N-ethyl adjacent to an activating group) is 1. The van der Waals surface area contributed by atoms with E-state index in [0.717, 1.165) is 11.1 Å². The zero-order valence-electron chi connectivity index (χ0n) is 10.6. The third kappa shape index (κ3) is 4.64. The summed E-state index contributed by atoms with van der Waals surface area (Å²) in [6.45, 7) is 2.69. The van der Waals surface area contributed by atoms with Crippen molar-refractivity contribution in [2.75, 3.05) is 20.1 Å². The summed E-state index contributed by atoms with van der Waals surface area (Å²) in [5, 5.41) is 19.3. The normalized spacial score (nSPS) is 12.7. The van der Waals surface area contributed by atoms with Crippen LogP contribution in [0.3, 0.4) is 0 Å². The average molecular weight is 272 g/mol. The largest absolute Gasteiger partial charge is 0.481 e. The highest BCUT2D eigenvalue weighted by Crippen LogP contribution is 2.21. The summed E-state index contributed by atoms with van der Waals surface area (Å²) in [7, 11) is 1.79.